The number of amides is 1. The van der Waals surface area contributed by atoms with Crippen LogP contribution < -0.4 is 5.73 Å². The molecule has 5 heteroatoms. The molecule has 2 rings (SSSR count). The second-order valence-corrected chi connectivity index (χ2v) is 4.21. The molecule has 0 atom stereocenters. The fraction of sp³-hybridized carbons (Fsp3) is 0.333. The van der Waals surface area contributed by atoms with E-state index in [9.17, 15) is 4.79 Å². The average molecular weight is 232 g/mol. The summed E-state index contributed by atoms with van der Waals surface area (Å²) in [5.41, 5.74) is 8.36. The Bertz CT molecular complexity index is 520. The molecule has 1 aromatic heterocycles. The molecule has 0 aliphatic carbocycles. The summed E-state index contributed by atoms with van der Waals surface area (Å²) in [6, 6.07) is 6.14. The highest BCUT2D eigenvalue weighted by molar-refractivity contribution is 5.76. The summed E-state index contributed by atoms with van der Waals surface area (Å²) in [4.78, 5) is 19.9. The number of aromatic nitrogens is 2. The zero-order valence-corrected chi connectivity index (χ0v) is 9.81. The number of carbonyl (C=O) groups excluding carboxylic acids is 1. The van der Waals surface area contributed by atoms with Crippen molar-refractivity contribution in [1.29, 1.82) is 0 Å². The van der Waals surface area contributed by atoms with Crippen LogP contribution in [0, 0.1) is 0 Å². The van der Waals surface area contributed by atoms with Crippen molar-refractivity contribution in [3.8, 4) is 0 Å². The topological polar surface area (TPSA) is 75.0 Å². The van der Waals surface area contributed by atoms with E-state index in [1.807, 2.05) is 18.0 Å². The highest BCUT2D eigenvalue weighted by Gasteiger charge is 2.03. The molecule has 0 saturated carbocycles. The quantitative estimate of drug-likeness (QED) is 0.789. The van der Waals surface area contributed by atoms with Crippen LogP contribution in [0.1, 0.15) is 5.56 Å². The third-order valence-corrected chi connectivity index (χ3v) is 2.69. The van der Waals surface area contributed by atoms with Crippen LogP contribution in [0.5, 0.6) is 0 Å². The number of aromatic amines is 1. The lowest BCUT2D eigenvalue weighted by molar-refractivity contribution is -0.118. The number of nitrogens with two attached hydrogens (primary N) is 1. The SMILES string of the molecule is CN(CCc1ccc2nc[nH]c2c1)CC(N)=O. The van der Waals surface area contributed by atoms with Gasteiger partial charge in [0.25, 0.3) is 0 Å². The summed E-state index contributed by atoms with van der Waals surface area (Å²) < 4.78 is 0. The van der Waals surface area contributed by atoms with E-state index in [0.717, 1.165) is 24.0 Å². The minimum absolute atomic E-state index is 0.295. The van der Waals surface area contributed by atoms with Crippen molar-refractivity contribution >= 4 is 16.9 Å². The average Bonchev–Trinajstić information content (AvgIpc) is 2.72. The van der Waals surface area contributed by atoms with Gasteiger partial charge in [0.15, 0.2) is 0 Å². The molecular weight excluding hydrogens is 216 g/mol. The molecule has 0 unspecified atom stereocenters. The van der Waals surface area contributed by atoms with Gasteiger partial charge in [-0.3, -0.25) is 9.69 Å². The van der Waals surface area contributed by atoms with Crippen LogP contribution in [-0.4, -0.2) is 40.9 Å². The van der Waals surface area contributed by atoms with Crippen molar-refractivity contribution in [2.45, 2.75) is 6.42 Å². The number of benzene rings is 1. The molecule has 0 fully saturated rings. The van der Waals surface area contributed by atoms with E-state index >= 15 is 0 Å². The molecule has 0 spiro atoms. The van der Waals surface area contributed by atoms with Crippen molar-refractivity contribution < 1.29 is 4.79 Å². The van der Waals surface area contributed by atoms with Crippen molar-refractivity contribution in [1.82, 2.24) is 14.9 Å². The van der Waals surface area contributed by atoms with Crippen LogP contribution in [0.15, 0.2) is 24.5 Å². The first-order valence-corrected chi connectivity index (χ1v) is 5.54. The lowest BCUT2D eigenvalue weighted by Crippen LogP contribution is -2.32. The van der Waals surface area contributed by atoms with E-state index in [0.29, 0.717) is 6.54 Å². The summed E-state index contributed by atoms with van der Waals surface area (Å²) >= 11 is 0. The fourth-order valence-corrected chi connectivity index (χ4v) is 1.80. The van der Waals surface area contributed by atoms with Gasteiger partial charge >= 0.3 is 0 Å². The molecule has 1 amide bonds. The normalized spacial score (nSPS) is 11.2. The number of H-pyrrole nitrogens is 1. The van der Waals surface area contributed by atoms with Crippen LogP contribution in [0.25, 0.3) is 11.0 Å². The molecule has 1 aromatic carbocycles. The number of carbonyl (C=O) groups is 1. The Hall–Kier alpha value is -1.88. The third kappa shape index (κ3) is 3.04. The van der Waals surface area contributed by atoms with Crippen molar-refractivity contribution in [3.63, 3.8) is 0 Å². The number of hydrogen-bond acceptors (Lipinski definition) is 3. The molecule has 17 heavy (non-hydrogen) atoms. The third-order valence-electron chi connectivity index (χ3n) is 2.69. The van der Waals surface area contributed by atoms with Crippen LogP contribution in [0.3, 0.4) is 0 Å². The van der Waals surface area contributed by atoms with Crippen molar-refractivity contribution in [2.75, 3.05) is 20.1 Å². The molecule has 0 aliphatic rings. The molecule has 5 nitrogen and oxygen atoms in total. The zero-order valence-electron chi connectivity index (χ0n) is 9.81. The highest BCUT2D eigenvalue weighted by atomic mass is 16.1. The van der Waals surface area contributed by atoms with Gasteiger partial charge in [0.1, 0.15) is 0 Å². The zero-order chi connectivity index (χ0) is 12.3. The van der Waals surface area contributed by atoms with Gasteiger partial charge in [-0.1, -0.05) is 6.07 Å². The molecule has 90 valence electrons. The number of nitrogens with zero attached hydrogens (tertiary/aromatic N) is 2. The van der Waals surface area contributed by atoms with Gasteiger partial charge in [0, 0.05) is 6.54 Å². The summed E-state index contributed by atoms with van der Waals surface area (Å²) in [5, 5.41) is 0. The second-order valence-electron chi connectivity index (χ2n) is 4.21. The Balaban J connectivity index is 1.96. The number of fused-ring (bicyclic) bond motifs is 1. The fourth-order valence-electron chi connectivity index (χ4n) is 1.80. The molecule has 0 radical (unpaired) electrons. The Morgan fingerprint density at radius 1 is 1.53 bits per heavy atom. The van der Waals surface area contributed by atoms with E-state index < -0.39 is 0 Å². The molecule has 1 heterocycles. The van der Waals surface area contributed by atoms with Gasteiger partial charge in [0.05, 0.1) is 23.9 Å². The number of imidazole rings is 1. The van der Waals surface area contributed by atoms with Crippen LogP contribution in [0.4, 0.5) is 0 Å². The van der Waals surface area contributed by atoms with E-state index in [2.05, 4.69) is 22.1 Å². The Kier molecular flexibility index (Phi) is 3.39. The van der Waals surface area contributed by atoms with Crippen LogP contribution in [0.2, 0.25) is 0 Å². The lowest BCUT2D eigenvalue weighted by Gasteiger charge is -2.13. The van der Waals surface area contributed by atoms with Crippen molar-refractivity contribution in [3.05, 3.63) is 30.1 Å². The predicted octanol–water partition coefficient (Wildman–Crippen LogP) is 0.522. The molecule has 0 saturated heterocycles. The van der Waals surface area contributed by atoms with Gasteiger partial charge in [0.2, 0.25) is 5.91 Å². The molecular formula is C12H16N4O. The Morgan fingerprint density at radius 2 is 2.35 bits per heavy atom. The first-order chi connectivity index (χ1) is 8.15. The predicted molar refractivity (Wildman–Crippen MR) is 66.5 cm³/mol. The largest absolute Gasteiger partial charge is 0.369 e. The van der Waals surface area contributed by atoms with Crippen molar-refractivity contribution in [2.24, 2.45) is 5.73 Å². The van der Waals surface area contributed by atoms with Gasteiger partial charge in [-0.05, 0) is 31.2 Å². The Morgan fingerprint density at radius 3 is 3.12 bits per heavy atom. The van der Waals surface area contributed by atoms with Gasteiger partial charge < -0.3 is 10.7 Å². The number of nitrogens with one attached hydrogen (secondary N) is 1. The second kappa shape index (κ2) is 4.97. The summed E-state index contributed by atoms with van der Waals surface area (Å²) in [6.07, 6.45) is 2.58. The summed E-state index contributed by atoms with van der Waals surface area (Å²) in [5.74, 6) is -0.295. The number of hydrogen-bond donors (Lipinski definition) is 2. The molecule has 3 N–H and O–H groups in total. The minimum Gasteiger partial charge on any atom is -0.369 e. The van der Waals surface area contributed by atoms with Gasteiger partial charge in [-0.15, -0.1) is 0 Å². The first kappa shape index (κ1) is 11.6. The lowest BCUT2D eigenvalue weighted by atomic mass is 10.1. The maximum Gasteiger partial charge on any atom is 0.231 e. The molecule has 2 aromatic rings. The van der Waals surface area contributed by atoms with E-state index in [1.54, 1.807) is 6.33 Å². The summed E-state index contributed by atoms with van der Waals surface area (Å²) in [7, 11) is 1.89. The first-order valence-electron chi connectivity index (χ1n) is 5.54. The number of primary amides is 1. The summed E-state index contributed by atoms with van der Waals surface area (Å²) in [6.45, 7) is 1.11. The number of rotatable bonds is 5. The van der Waals surface area contributed by atoms with E-state index in [1.165, 1.54) is 5.56 Å². The molecule has 0 aliphatic heterocycles. The smallest absolute Gasteiger partial charge is 0.231 e. The molecule has 0 bridgehead atoms. The van der Waals surface area contributed by atoms with Gasteiger partial charge in [-0.25, -0.2) is 4.98 Å². The van der Waals surface area contributed by atoms with E-state index in [-0.39, 0.29) is 5.91 Å². The standard InChI is InChI=1S/C12H16N4O/c1-16(7-12(13)17)5-4-9-2-3-10-11(6-9)15-8-14-10/h2-3,6,8H,4-5,7H2,1H3,(H2,13,17)(H,14,15). The van der Waals surface area contributed by atoms with Crippen LogP contribution in [-0.2, 0) is 11.2 Å². The maximum atomic E-state index is 10.7. The highest BCUT2D eigenvalue weighted by Crippen LogP contribution is 2.12. The number of likely N-dealkylation sites (N-methyl/N-ethyl adjacent to an activating group) is 1. The van der Waals surface area contributed by atoms with Crippen LogP contribution >= 0.6 is 0 Å². The monoisotopic (exact) mass is 232 g/mol. The van der Waals surface area contributed by atoms with Gasteiger partial charge in [-0.2, -0.15) is 0 Å². The van der Waals surface area contributed by atoms with E-state index in [4.69, 9.17) is 5.73 Å². The maximum absolute atomic E-state index is 10.7. The minimum atomic E-state index is -0.295. The Labute approximate surface area is 99.6 Å².